The number of nitrogens with zero attached hydrogens (tertiary/aromatic N) is 1. The van der Waals surface area contributed by atoms with Gasteiger partial charge in [0.2, 0.25) is 0 Å². The summed E-state index contributed by atoms with van der Waals surface area (Å²) in [6.07, 6.45) is -2.25. The lowest BCUT2D eigenvalue weighted by Crippen LogP contribution is -2.39. The number of hydrogen-bond acceptors (Lipinski definition) is 2. The van der Waals surface area contributed by atoms with Crippen LogP contribution in [-0.2, 0) is 6.18 Å². The van der Waals surface area contributed by atoms with Crippen LogP contribution in [0.5, 0.6) is 0 Å². The van der Waals surface area contributed by atoms with Gasteiger partial charge in [0.05, 0.1) is 17.2 Å². The molecule has 1 amide bonds. The monoisotopic (exact) mass is 488 g/mol. The summed E-state index contributed by atoms with van der Waals surface area (Å²) in [4.78, 5) is 26.4. The Bertz CT molecular complexity index is 1280. The van der Waals surface area contributed by atoms with Crippen molar-refractivity contribution in [3.8, 4) is 5.69 Å². The van der Waals surface area contributed by atoms with Gasteiger partial charge < -0.3 is 5.32 Å². The topological polar surface area (TPSA) is 51.1 Å². The Hall–Kier alpha value is -3.06. The summed E-state index contributed by atoms with van der Waals surface area (Å²) < 4.78 is 43.4. The third-order valence-corrected chi connectivity index (χ3v) is 6.74. The Morgan fingerprint density at radius 3 is 2.32 bits per heavy atom. The molecule has 34 heavy (non-hydrogen) atoms. The van der Waals surface area contributed by atoms with Crippen molar-refractivity contribution in [3.63, 3.8) is 0 Å². The number of para-hydroxylation sites is 1. The second-order valence-electron chi connectivity index (χ2n) is 8.68. The average Bonchev–Trinajstić information content (AvgIpc) is 2.74. The van der Waals surface area contributed by atoms with Crippen LogP contribution < -0.4 is 10.9 Å². The first kappa shape index (κ1) is 24.1. The van der Waals surface area contributed by atoms with E-state index in [1.54, 1.807) is 30.3 Å². The number of carbonyl (C=O) groups excluding carboxylic acids is 1. The van der Waals surface area contributed by atoms with Crippen LogP contribution in [0.3, 0.4) is 0 Å². The molecule has 1 aliphatic carbocycles. The number of pyridine rings is 1. The van der Waals surface area contributed by atoms with Crippen LogP contribution in [0.1, 0.15) is 58.0 Å². The number of carbonyl (C=O) groups is 1. The number of benzene rings is 2. The van der Waals surface area contributed by atoms with E-state index >= 15 is 0 Å². The van der Waals surface area contributed by atoms with Crippen molar-refractivity contribution in [2.75, 3.05) is 0 Å². The molecular formula is C26H24ClF3N2O2. The second kappa shape index (κ2) is 9.29. The predicted octanol–water partition coefficient (Wildman–Crippen LogP) is 6.40. The maximum atomic E-state index is 14.1. The molecule has 1 unspecified atom stereocenters. The predicted molar refractivity (Wildman–Crippen MR) is 126 cm³/mol. The third kappa shape index (κ3) is 4.49. The number of aryl methyl sites for hydroxylation is 1. The number of rotatable bonds is 5. The van der Waals surface area contributed by atoms with Crippen molar-refractivity contribution in [2.24, 2.45) is 5.92 Å². The Morgan fingerprint density at radius 2 is 1.76 bits per heavy atom. The zero-order chi connectivity index (χ0) is 24.6. The van der Waals surface area contributed by atoms with Crippen LogP contribution in [0, 0.1) is 19.8 Å². The number of alkyl halides is 3. The van der Waals surface area contributed by atoms with Gasteiger partial charge in [-0.2, -0.15) is 13.2 Å². The molecule has 0 spiro atoms. The lowest BCUT2D eigenvalue weighted by Gasteiger charge is -2.35. The summed E-state index contributed by atoms with van der Waals surface area (Å²) in [5.74, 6) is -0.786. The van der Waals surface area contributed by atoms with Gasteiger partial charge in [0.1, 0.15) is 5.02 Å². The first-order chi connectivity index (χ1) is 16.1. The quantitative estimate of drug-likeness (QED) is 0.452. The molecule has 8 heteroatoms. The number of hydrogen-bond donors (Lipinski definition) is 1. The zero-order valence-electron chi connectivity index (χ0n) is 18.7. The molecule has 0 aliphatic heterocycles. The fraction of sp³-hybridized carbons (Fsp3) is 0.308. The smallest absolute Gasteiger partial charge is 0.345 e. The van der Waals surface area contributed by atoms with Crippen molar-refractivity contribution >= 4 is 17.5 Å². The van der Waals surface area contributed by atoms with Crippen molar-refractivity contribution in [1.82, 2.24) is 9.88 Å². The summed E-state index contributed by atoms with van der Waals surface area (Å²) in [5.41, 5.74) is -1.04. The molecule has 1 heterocycles. The van der Waals surface area contributed by atoms with E-state index in [0.29, 0.717) is 5.69 Å². The van der Waals surface area contributed by atoms with E-state index in [1.165, 1.54) is 6.92 Å². The molecule has 0 saturated heterocycles. The molecule has 4 rings (SSSR count). The minimum atomic E-state index is -4.99. The average molecular weight is 489 g/mol. The number of nitrogens with one attached hydrogen (secondary N) is 1. The Morgan fingerprint density at radius 1 is 1.09 bits per heavy atom. The molecule has 4 nitrogen and oxygen atoms in total. The van der Waals surface area contributed by atoms with Crippen LogP contribution in [0.2, 0.25) is 5.02 Å². The van der Waals surface area contributed by atoms with Gasteiger partial charge in [-0.1, -0.05) is 66.0 Å². The fourth-order valence-electron chi connectivity index (χ4n) is 4.52. The molecule has 1 fully saturated rings. The molecule has 1 atom stereocenters. The highest BCUT2D eigenvalue weighted by atomic mass is 35.5. The first-order valence-corrected chi connectivity index (χ1v) is 11.4. The molecule has 1 saturated carbocycles. The maximum absolute atomic E-state index is 14.1. The first-order valence-electron chi connectivity index (χ1n) is 11.0. The molecule has 0 bridgehead atoms. The highest BCUT2D eigenvalue weighted by Gasteiger charge is 2.42. The normalized spacial score (nSPS) is 15.0. The summed E-state index contributed by atoms with van der Waals surface area (Å²) in [6, 6.07) is 15.3. The third-order valence-electron chi connectivity index (χ3n) is 6.39. The minimum absolute atomic E-state index is 0.121. The van der Waals surface area contributed by atoms with Gasteiger partial charge in [-0.05, 0) is 50.3 Å². The van der Waals surface area contributed by atoms with Gasteiger partial charge in [0, 0.05) is 11.4 Å². The number of amides is 1. The highest BCUT2D eigenvalue weighted by molar-refractivity contribution is 6.31. The zero-order valence-corrected chi connectivity index (χ0v) is 19.5. The fourth-order valence-corrected chi connectivity index (χ4v) is 4.80. The summed E-state index contributed by atoms with van der Waals surface area (Å²) in [7, 11) is 0. The van der Waals surface area contributed by atoms with Gasteiger partial charge in [0.25, 0.3) is 11.5 Å². The number of aromatic nitrogens is 1. The molecule has 178 valence electrons. The minimum Gasteiger partial charge on any atom is -0.345 e. The second-order valence-corrected chi connectivity index (χ2v) is 9.06. The van der Waals surface area contributed by atoms with E-state index in [2.05, 4.69) is 5.32 Å². The van der Waals surface area contributed by atoms with E-state index in [9.17, 15) is 22.8 Å². The lowest BCUT2D eigenvalue weighted by atomic mass is 9.77. The van der Waals surface area contributed by atoms with E-state index in [-0.39, 0.29) is 11.6 Å². The van der Waals surface area contributed by atoms with Crippen LogP contribution in [-0.4, -0.2) is 10.5 Å². The molecule has 1 aromatic heterocycles. The molecule has 3 aromatic rings. The van der Waals surface area contributed by atoms with Gasteiger partial charge in [-0.3, -0.25) is 14.2 Å². The Balaban J connectivity index is 1.87. The van der Waals surface area contributed by atoms with Crippen molar-refractivity contribution in [1.29, 1.82) is 0 Å². The largest absolute Gasteiger partial charge is 0.418 e. The van der Waals surface area contributed by atoms with E-state index in [4.69, 9.17) is 11.6 Å². The van der Waals surface area contributed by atoms with Crippen LogP contribution in [0.15, 0.2) is 59.4 Å². The lowest BCUT2D eigenvalue weighted by molar-refractivity contribution is -0.138. The molecule has 1 N–H and O–H groups in total. The highest BCUT2D eigenvalue weighted by Crippen LogP contribution is 2.40. The Kier molecular flexibility index (Phi) is 6.58. The summed E-state index contributed by atoms with van der Waals surface area (Å²) >= 11 is 6.00. The van der Waals surface area contributed by atoms with Gasteiger partial charge >= 0.3 is 6.18 Å². The van der Waals surface area contributed by atoms with E-state index < -0.39 is 39.8 Å². The molecule has 1 aliphatic rings. The number of halogens is 4. The van der Waals surface area contributed by atoms with Crippen LogP contribution in [0.25, 0.3) is 5.69 Å². The van der Waals surface area contributed by atoms with Crippen LogP contribution >= 0.6 is 11.6 Å². The standard InChI is InChI=1S/C26H24ClF3N2O2/c1-15-8-6-11-18(14-15)23(17-9-7-10-17)31-24(33)20-16(2)32(19-12-4-3-5-13-19)25(34)22(27)21(20)26(28,29)30/h3-6,8,11-14,17,23H,7,9-10H2,1-2H3,(H,31,33). The SMILES string of the molecule is Cc1cccc(C(NC(=O)c2c(C(F)(F)F)c(Cl)c(=O)n(-c3ccccc3)c2C)C2CCC2)c1. The van der Waals surface area contributed by atoms with Gasteiger partial charge in [-0.25, -0.2) is 0 Å². The Labute approximate surface area is 200 Å². The van der Waals surface area contributed by atoms with Crippen molar-refractivity contribution in [2.45, 2.75) is 45.3 Å². The molecule has 0 radical (unpaired) electrons. The van der Waals surface area contributed by atoms with E-state index in [0.717, 1.165) is 35.0 Å². The summed E-state index contributed by atoms with van der Waals surface area (Å²) in [6.45, 7) is 3.25. The van der Waals surface area contributed by atoms with Gasteiger partial charge in [-0.15, -0.1) is 0 Å². The van der Waals surface area contributed by atoms with Crippen molar-refractivity contribution < 1.29 is 18.0 Å². The van der Waals surface area contributed by atoms with Crippen LogP contribution in [0.4, 0.5) is 13.2 Å². The maximum Gasteiger partial charge on any atom is 0.418 e. The molecule has 2 aromatic carbocycles. The summed E-state index contributed by atoms with van der Waals surface area (Å²) in [5, 5.41) is 1.82. The molecular weight excluding hydrogens is 465 g/mol. The van der Waals surface area contributed by atoms with Crippen molar-refractivity contribution in [3.05, 3.63) is 97.9 Å². The van der Waals surface area contributed by atoms with Gasteiger partial charge in [0.15, 0.2) is 0 Å². The van der Waals surface area contributed by atoms with E-state index in [1.807, 2.05) is 31.2 Å².